The molecule has 0 amide bonds. The fourth-order valence-electron chi connectivity index (χ4n) is 4.04. The van der Waals surface area contributed by atoms with Crippen LogP contribution in [0.5, 0.6) is 0 Å². The van der Waals surface area contributed by atoms with Crippen LogP contribution < -0.4 is 5.32 Å². The smallest absolute Gasteiger partial charge is 0.0845 e. The molecule has 5 nitrogen and oxygen atoms in total. The number of methoxy groups -OCH3 is 2. The van der Waals surface area contributed by atoms with Crippen molar-refractivity contribution in [1.82, 2.24) is 9.47 Å². The number of benzene rings is 1. The van der Waals surface area contributed by atoms with Gasteiger partial charge in [-0.2, -0.15) is 0 Å². The van der Waals surface area contributed by atoms with Crippen LogP contribution in [0.15, 0.2) is 60.8 Å². The van der Waals surface area contributed by atoms with Crippen LogP contribution in [0.3, 0.4) is 0 Å². The normalized spacial score (nSPS) is 19.2. The number of allylic oxidation sites excluding steroid dienone is 3. The van der Waals surface area contributed by atoms with Gasteiger partial charge in [0.2, 0.25) is 0 Å². The van der Waals surface area contributed by atoms with E-state index < -0.39 is 0 Å². The van der Waals surface area contributed by atoms with Gasteiger partial charge in [0.1, 0.15) is 0 Å². The minimum atomic E-state index is 0.640. The maximum atomic E-state index is 5.07. The highest BCUT2D eigenvalue weighted by molar-refractivity contribution is 5.87. The number of nitrogens with one attached hydrogen (secondary N) is 1. The third-order valence-corrected chi connectivity index (χ3v) is 5.58. The number of hydrogen-bond acceptors (Lipinski definition) is 4. The monoisotopic (exact) mass is 395 g/mol. The minimum absolute atomic E-state index is 0.640. The second kappa shape index (κ2) is 10.2. The molecule has 1 aliphatic rings. The van der Waals surface area contributed by atoms with Crippen LogP contribution in [0.2, 0.25) is 0 Å². The predicted octanol–water partition coefficient (Wildman–Crippen LogP) is 4.99. The molecule has 29 heavy (non-hydrogen) atoms. The molecular formula is C24H33N3O2. The number of rotatable bonds is 7. The predicted molar refractivity (Wildman–Crippen MR) is 121 cm³/mol. The number of anilines is 1. The summed E-state index contributed by atoms with van der Waals surface area (Å²) < 4.78 is 12.3. The Morgan fingerprint density at radius 1 is 1.10 bits per heavy atom. The summed E-state index contributed by atoms with van der Waals surface area (Å²) in [6.45, 7) is 2.38. The molecule has 156 valence electrons. The minimum Gasteiger partial charge on any atom is -0.504 e. The van der Waals surface area contributed by atoms with E-state index in [2.05, 4.69) is 53.3 Å². The number of aryl methyl sites for hydroxylation is 1. The van der Waals surface area contributed by atoms with Crippen molar-refractivity contribution in [3.8, 4) is 0 Å². The van der Waals surface area contributed by atoms with E-state index in [4.69, 9.17) is 9.47 Å². The summed E-state index contributed by atoms with van der Waals surface area (Å²) in [6.07, 6.45) is 15.1. The topological polar surface area (TPSA) is 38.7 Å². The van der Waals surface area contributed by atoms with Gasteiger partial charge in [0, 0.05) is 30.0 Å². The summed E-state index contributed by atoms with van der Waals surface area (Å²) in [7, 11) is 7.65. The molecule has 0 spiro atoms. The van der Waals surface area contributed by atoms with E-state index in [-0.39, 0.29) is 0 Å². The highest BCUT2D eigenvalue weighted by atomic mass is 16.5. The summed E-state index contributed by atoms with van der Waals surface area (Å²) in [4.78, 5) is 2.45. The van der Waals surface area contributed by atoms with Crippen molar-refractivity contribution < 1.29 is 9.47 Å². The summed E-state index contributed by atoms with van der Waals surface area (Å²) in [6, 6.07) is 6.63. The molecule has 2 aromatic rings. The third kappa shape index (κ3) is 5.45. The molecule has 5 heteroatoms. The Labute approximate surface area is 174 Å². The van der Waals surface area contributed by atoms with Gasteiger partial charge in [-0.25, -0.2) is 0 Å². The molecular weight excluding hydrogens is 362 g/mol. The van der Waals surface area contributed by atoms with E-state index in [1.807, 2.05) is 18.2 Å². The van der Waals surface area contributed by atoms with Gasteiger partial charge in [0.25, 0.3) is 0 Å². The Hall–Kier alpha value is -2.66. The first-order chi connectivity index (χ1) is 14.1. The number of likely N-dealkylation sites (tertiary alicyclic amines) is 1. The molecule has 1 fully saturated rings. The van der Waals surface area contributed by atoms with Crippen LogP contribution >= 0.6 is 0 Å². The van der Waals surface area contributed by atoms with Gasteiger partial charge in [-0.1, -0.05) is 6.07 Å². The van der Waals surface area contributed by atoms with Gasteiger partial charge in [0.05, 0.1) is 32.3 Å². The number of aromatic nitrogens is 1. The molecule has 0 radical (unpaired) electrons. The van der Waals surface area contributed by atoms with E-state index in [1.54, 1.807) is 26.7 Å². The Balaban J connectivity index is 1.86. The summed E-state index contributed by atoms with van der Waals surface area (Å²) in [5, 5.41) is 4.83. The highest BCUT2D eigenvalue weighted by Gasteiger charge is 2.20. The van der Waals surface area contributed by atoms with E-state index in [9.17, 15) is 0 Å². The highest BCUT2D eigenvalue weighted by Crippen LogP contribution is 2.35. The molecule has 1 saturated heterocycles. The zero-order valence-corrected chi connectivity index (χ0v) is 18.0. The van der Waals surface area contributed by atoms with Crippen molar-refractivity contribution in [2.45, 2.75) is 25.2 Å². The Bertz CT molecular complexity index is 895. The lowest BCUT2D eigenvalue weighted by Gasteiger charge is -2.14. The standard InChI is InChI=1S/C24H33N3O2/c1-26-13-5-7-19(11-14-26)23-18-27(2)24-17-21(9-10-22(23)24)25-20(12-16-29-4)8-6-15-28-3/h6,8-10,12,15-19,25H,5,7,11,13-14H2,1-4H3/b15-6+,16-12+,20-8+. The van der Waals surface area contributed by atoms with Crippen LogP contribution in [-0.2, 0) is 16.5 Å². The van der Waals surface area contributed by atoms with Crippen LogP contribution in [0.1, 0.15) is 30.7 Å². The average molecular weight is 396 g/mol. The van der Waals surface area contributed by atoms with E-state index in [0.717, 1.165) is 11.4 Å². The first-order valence-corrected chi connectivity index (χ1v) is 10.3. The average Bonchev–Trinajstić information content (AvgIpc) is 2.89. The molecule has 1 N–H and O–H groups in total. The van der Waals surface area contributed by atoms with Crippen LogP contribution in [0.4, 0.5) is 5.69 Å². The molecule has 1 atom stereocenters. The lowest BCUT2D eigenvalue weighted by molar-refractivity contribution is 0.337. The molecule has 0 aliphatic carbocycles. The largest absolute Gasteiger partial charge is 0.504 e. The molecule has 1 aliphatic heterocycles. The summed E-state index contributed by atoms with van der Waals surface area (Å²) in [5.41, 5.74) is 4.71. The Morgan fingerprint density at radius 2 is 1.93 bits per heavy atom. The van der Waals surface area contributed by atoms with E-state index in [0.29, 0.717) is 5.92 Å². The molecule has 0 saturated carbocycles. The van der Waals surface area contributed by atoms with Crippen molar-refractivity contribution in [3.05, 3.63) is 66.4 Å². The second-order valence-corrected chi connectivity index (χ2v) is 7.71. The maximum absolute atomic E-state index is 5.07. The van der Waals surface area contributed by atoms with Crippen LogP contribution in [-0.4, -0.2) is 43.8 Å². The molecule has 3 rings (SSSR count). The quantitative estimate of drug-likeness (QED) is 0.529. The molecule has 2 heterocycles. The van der Waals surface area contributed by atoms with Gasteiger partial charge in [0.15, 0.2) is 0 Å². The zero-order valence-electron chi connectivity index (χ0n) is 18.0. The number of ether oxygens (including phenoxy) is 2. The Morgan fingerprint density at radius 3 is 2.72 bits per heavy atom. The zero-order chi connectivity index (χ0) is 20.6. The van der Waals surface area contributed by atoms with E-state index >= 15 is 0 Å². The lowest BCUT2D eigenvalue weighted by atomic mass is 9.92. The van der Waals surface area contributed by atoms with Gasteiger partial charge >= 0.3 is 0 Å². The van der Waals surface area contributed by atoms with Gasteiger partial charge in [-0.05, 0) is 81.2 Å². The lowest BCUT2D eigenvalue weighted by Crippen LogP contribution is -2.18. The van der Waals surface area contributed by atoms with Crippen molar-refractivity contribution in [1.29, 1.82) is 0 Å². The van der Waals surface area contributed by atoms with Crippen LogP contribution in [0, 0.1) is 0 Å². The number of fused-ring (bicyclic) bond motifs is 1. The first kappa shape index (κ1) is 21.1. The van der Waals surface area contributed by atoms with Crippen molar-refractivity contribution in [2.75, 3.05) is 39.7 Å². The molecule has 1 aromatic heterocycles. The van der Waals surface area contributed by atoms with E-state index in [1.165, 1.54) is 48.8 Å². The SMILES string of the molecule is CO/C=C/C=C(\C=C\OC)Nc1ccc2c(C3CCCN(C)CC3)cn(C)c2c1. The second-order valence-electron chi connectivity index (χ2n) is 7.71. The number of nitrogens with zero attached hydrogens (tertiary/aromatic N) is 2. The Kier molecular flexibility index (Phi) is 7.42. The third-order valence-electron chi connectivity index (χ3n) is 5.58. The van der Waals surface area contributed by atoms with Gasteiger partial charge < -0.3 is 24.3 Å². The number of hydrogen-bond donors (Lipinski definition) is 1. The summed E-state index contributed by atoms with van der Waals surface area (Å²) in [5.74, 6) is 0.640. The van der Waals surface area contributed by atoms with Crippen molar-refractivity contribution in [2.24, 2.45) is 7.05 Å². The first-order valence-electron chi connectivity index (χ1n) is 10.3. The fraction of sp³-hybridized carbons (Fsp3) is 0.417. The van der Waals surface area contributed by atoms with Gasteiger partial charge in [-0.3, -0.25) is 0 Å². The molecule has 1 unspecified atom stereocenters. The fourth-order valence-corrected chi connectivity index (χ4v) is 4.04. The molecule has 0 bridgehead atoms. The van der Waals surface area contributed by atoms with Gasteiger partial charge in [-0.15, -0.1) is 0 Å². The molecule has 1 aromatic carbocycles. The summed E-state index contributed by atoms with van der Waals surface area (Å²) >= 11 is 0. The van der Waals surface area contributed by atoms with Crippen molar-refractivity contribution >= 4 is 16.6 Å². The van der Waals surface area contributed by atoms with Crippen LogP contribution in [0.25, 0.3) is 10.9 Å². The van der Waals surface area contributed by atoms with Crippen molar-refractivity contribution in [3.63, 3.8) is 0 Å². The maximum Gasteiger partial charge on any atom is 0.0845 e.